The summed E-state index contributed by atoms with van der Waals surface area (Å²) in [6.45, 7) is 4.30. The van der Waals surface area contributed by atoms with Gasteiger partial charge in [-0.15, -0.1) is 0 Å². The number of hydrogen-bond acceptors (Lipinski definition) is 5. The first kappa shape index (κ1) is 22.6. The molecule has 0 unspecified atom stereocenters. The van der Waals surface area contributed by atoms with Crippen LogP contribution in [0.2, 0.25) is 0 Å². The van der Waals surface area contributed by atoms with E-state index in [-0.39, 0.29) is 31.0 Å². The molecule has 3 rings (SSSR count). The molecule has 0 aliphatic carbocycles. The molecular formula is C24H28FNO5. The number of halogens is 1. The smallest absolute Gasteiger partial charge is 0.411 e. The van der Waals surface area contributed by atoms with Gasteiger partial charge in [0.25, 0.3) is 0 Å². The van der Waals surface area contributed by atoms with Crippen LogP contribution in [-0.2, 0) is 20.9 Å². The molecule has 0 saturated carbocycles. The number of benzene rings is 2. The first-order valence-corrected chi connectivity index (χ1v) is 10.4. The first-order valence-electron chi connectivity index (χ1n) is 10.4. The van der Waals surface area contributed by atoms with Crippen LogP contribution in [-0.4, -0.2) is 36.7 Å². The second kappa shape index (κ2) is 10.3. The van der Waals surface area contributed by atoms with E-state index in [1.54, 1.807) is 30.3 Å². The standard InChI is InChI=1S/C24H28FNO5/c1-16(2)14-31-24(28)26-21(12-13-22(26)23(27)29-3)17-8-10-19(11-9-17)30-15-18-6-4-5-7-20(18)25/h4-11,16,21-22H,12-15H2,1-3H3/t21-,22+/m1/s1. The molecule has 0 aromatic heterocycles. The highest BCUT2D eigenvalue weighted by atomic mass is 19.1. The van der Waals surface area contributed by atoms with Gasteiger partial charge in [-0.3, -0.25) is 4.90 Å². The van der Waals surface area contributed by atoms with Crippen molar-refractivity contribution in [2.75, 3.05) is 13.7 Å². The summed E-state index contributed by atoms with van der Waals surface area (Å²) in [7, 11) is 1.31. The number of esters is 1. The minimum Gasteiger partial charge on any atom is -0.489 e. The summed E-state index contributed by atoms with van der Waals surface area (Å²) in [4.78, 5) is 26.5. The number of ether oxygens (including phenoxy) is 3. The number of rotatable bonds is 7. The van der Waals surface area contributed by atoms with Gasteiger partial charge in [0.15, 0.2) is 0 Å². The van der Waals surface area contributed by atoms with Gasteiger partial charge in [-0.1, -0.05) is 44.2 Å². The number of nitrogens with zero attached hydrogens (tertiary/aromatic N) is 1. The SMILES string of the molecule is COC(=O)[C@@H]1CC[C@H](c2ccc(OCc3ccccc3F)cc2)N1C(=O)OCC(C)C. The minimum atomic E-state index is -0.674. The zero-order valence-electron chi connectivity index (χ0n) is 18.0. The highest BCUT2D eigenvalue weighted by molar-refractivity contribution is 5.82. The maximum Gasteiger partial charge on any atom is 0.411 e. The number of hydrogen-bond donors (Lipinski definition) is 0. The topological polar surface area (TPSA) is 65.1 Å². The van der Waals surface area contributed by atoms with Crippen molar-refractivity contribution in [3.8, 4) is 5.75 Å². The Labute approximate surface area is 181 Å². The first-order chi connectivity index (χ1) is 14.9. The van der Waals surface area contributed by atoms with E-state index in [4.69, 9.17) is 14.2 Å². The highest BCUT2D eigenvalue weighted by Gasteiger charge is 2.43. The molecule has 6 nitrogen and oxygen atoms in total. The predicted molar refractivity (Wildman–Crippen MR) is 113 cm³/mol. The number of likely N-dealkylation sites (tertiary alicyclic amines) is 1. The monoisotopic (exact) mass is 429 g/mol. The number of carbonyl (C=O) groups excluding carboxylic acids is 2. The van der Waals surface area contributed by atoms with E-state index in [1.807, 2.05) is 26.0 Å². The summed E-state index contributed by atoms with van der Waals surface area (Å²) in [6.07, 6.45) is 0.595. The Hall–Kier alpha value is -3.09. The maximum absolute atomic E-state index is 13.8. The third-order valence-corrected chi connectivity index (χ3v) is 5.23. The second-order valence-electron chi connectivity index (χ2n) is 7.96. The summed E-state index contributed by atoms with van der Waals surface area (Å²) in [5, 5.41) is 0. The van der Waals surface area contributed by atoms with Crippen molar-refractivity contribution in [3.05, 3.63) is 65.5 Å². The Balaban J connectivity index is 1.72. The van der Waals surface area contributed by atoms with E-state index in [9.17, 15) is 14.0 Å². The lowest BCUT2D eigenvalue weighted by Gasteiger charge is -2.29. The highest BCUT2D eigenvalue weighted by Crippen LogP contribution is 2.38. The Morgan fingerprint density at radius 3 is 2.45 bits per heavy atom. The van der Waals surface area contributed by atoms with Crippen LogP contribution < -0.4 is 4.74 Å². The van der Waals surface area contributed by atoms with Crippen molar-refractivity contribution in [1.29, 1.82) is 0 Å². The average Bonchev–Trinajstić information content (AvgIpc) is 3.22. The normalized spacial score (nSPS) is 18.2. The van der Waals surface area contributed by atoms with E-state index >= 15 is 0 Å². The molecule has 2 aromatic carbocycles. The number of carbonyl (C=O) groups is 2. The van der Waals surface area contributed by atoms with Gasteiger partial charge >= 0.3 is 12.1 Å². The van der Waals surface area contributed by atoms with Crippen LogP contribution in [0.5, 0.6) is 5.75 Å². The van der Waals surface area contributed by atoms with Crippen LogP contribution in [0.25, 0.3) is 0 Å². The van der Waals surface area contributed by atoms with E-state index in [0.29, 0.717) is 24.2 Å². The summed E-state index contributed by atoms with van der Waals surface area (Å²) in [6, 6.07) is 12.7. The molecule has 2 aromatic rings. The van der Waals surface area contributed by atoms with E-state index in [1.165, 1.54) is 18.1 Å². The van der Waals surface area contributed by atoms with Crippen LogP contribution in [0.15, 0.2) is 48.5 Å². The molecule has 0 spiro atoms. The molecule has 0 N–H and O–H groups in total. The molecule has 1 aliphatic rings. The van der Waals surface area contributed by atoms with E-state index in [2.05, 4.69) is 0 Å². The fourth-order valence-corrected chi connectivity index (χ4v) is 3.64. The summed E-state index contributed by atoms with van der Waals surface area (Å²) < 4.78 is 29.7. The molecule has 31 heavy (non-hydrogen) atoms. The third-order valence-electron chi connectivity index (χ3n) is 5.23. The van der Waals surface area contributed by atoms with Gasteiger partial charge in [0, 0.05) is 5.56 Å². The summed E-state index contributed by atoms with van der Waals surface area (Å²) in [5.74, 6) is 0.0132. The minimum absolute atomic E-state index is 0.119. The lowest BCUT2D eigenvalue weighted by atomic mass is 10.0. The van der Waals surface area contributed by atoms with E-state index < -0.39 is 18.1 Å². The molecule has 166 valence electrons. The van der Waals surface area contributed by atoms with Crippen LogP contribution in [0.4, 0.5) is 9.18 Å². The molecule has 1 amide bonds. The van der Waals surface area contributed by atoms with Crippen molar-refractivity contribution < 1.29 is 28.2 Å². The Morgan fingerprint density at radius 1 is 1.10 bits per heavy atom. The molecule has 1 heterocycles. The second-order valence-corrected chi connectivity index (χ2v) is 7.96. The molecular weight excluding hydrogens is 401 g/mol. The zero-order chi connectivity index (χ0) is 22.4. The molecule has 0 bridgehead atoms. The zero-order valence-corrected chi connectivity index (χ0v) is 18.0. The fraction of sp³-hybridized carbons (Fsp3) is 0.417. The third kappa shape index (κ3) is 5.54. The van der Waals surface area contributed by atoms with Crippen LogP contribution in [0.3, 0.4) is 0 Å². The van der Waals surface area contributed by atoms with Crippen molar-refractivity contribution >= 4 is 12.1 Å². The largest absolute Gasteiger partial charge is 0.489 e. The molecule has 2 atom stereocenters. The molecule has 1 saturated heterocycles. The quantitative estimate of drug-likeness (QED) is 0.587. The Bertz CT molecular complexity index is 899. The van der Waals surface area contributed by atoms with Crippen LogP contribution in [0.1, 0.15) is 43.9 Å². The van der Waals surface area contributed by atoms with E-state index in [0.717, 1.165) is 5.56 Å². The molecule has 0 radical (unpaired) electrons. The number of amides is 1. The van der Waals surface area contributed by atoms with Gasteiger partial charge in [-0.25, -0.2) is 14.0 Å². The van der Waals surface area contributed by atoms with Crippen LogP contribution >= 0.6 is 0 Å². The van der Waals surface area contributed by atoms with Gasteiger partial charge in [-0.05, 0) is 42.5 Å². The Kier molecular flexibility index (Phi) is 7.50. The fourth-order valence-electron chi connectivity index (χ4n) is 3.64. The summed E-state index contributed by atoms with van der Waals surface area (Å²) in [5.41, 5.74) is 1.34. The van der Waals surface area contributed by atoms with Crippen molar-refractivity contribution in [2.24, 2.45) is 5.92 Å². The lowest BCUT2D eigenvalue weighted by molar-refractivity contribution is -0.145. The molecule has 7 heteroatoms. The van der Waals surface area contributed by atoms with Crippen LogP contribution in [0, 0.1) is 11.7 Å². The van der Waals surface area contributed by atoms with Crippen molar-refractivity contribution in [2.45, 2.75) is 45.4 Å². The lowest BCUT2D eigenvalue weighted by Crippen LogP contribution is -2.43. The van der Waals surface area contributed by atoms with Crippen molar-refractivity contribution in [3.63, 3.8) is 0 Å². The molecule has 1 fully saturated rings. The molecule has 1 aliphatic heterocycles. The van der Waals surface area contributed by atoms with Gasteiger partial charge in [0.2, 0.25) is 0 Å². The Morgan fingerprint density at radius 2 is 1.81 bits per heavy atom. The maximum atomic E-state index is 13.8. The van der Waals surface area contributed by atoms with Gasteiger partial charge in [0.05, 0.1) is 19.8 Å². The van der Waals surface area contributed by atoms with Gasteiger partial charge in [-0.2, -0.15) is 0 Å². The van der Waals surface area contributed by atoms with Gasteiger partial charge < -0.3 is 14.2 Å². The van der Waals surface area contributed by atoms with Crippen molar-refractivity contribution in [1.82, 2.24) is 4.90 Å². The average molecular weight is 429 g/mol. The predicted octanol–water partition coefficient (Wildman–Crippen LogP) is 4.88. The number of methoxy groups -OCH3 is 1. The summed E-state index contributed by atoms with van der Waals surface area (Å²) >= 11 is 0. The van der Waals surface area contributed by atoms with Gasteiger partial charge in [0.1, 0.15) is 24.2 Å².